The van der Waals surface area contributed by atoms with E-state index in [2.05, 4.69) is 108 Å². The lowest BCUT2D eigenvalue weighted by Gasteiger charge is -2.52. The fourth-order valence-electron chi connectivity index (χ4n) is 3.49. The molecule has 0 N–H and O–H groups in total. The smallest absolute Gasteiger partial charge is 0.0735 e. The van der Waals surface area contributed by atoms with Gasteiger partial charge in [0.05, 0.1) is 15.5 Å². The van der Waals surface area contributed by atoms with Gasteiger partial charge in [0.25, 0.3) is 0 Å². The van der Waals surface area contributed by atoms with Gasteiger partial charge in [-0.25, -0.2) is 0 Å². The number of rotatable bonds is 4. The second kappa shape index (κ2) is 8.04. The van der Waals surface area contributed by atoms with Gasteiger partial charge in [-0.3, -0.25) is 0 Å². The third-order valence-electron chi connectivity index (χ3n) is 4.94. The van der Waals surface area contributed by atoms with Gasteiger partial charge in [0.15, 0.2) is 0 Å². The molecule has 0 aliphatic carbocycles. The predicted octanol–water partition coefficient (Wildman–Crippen LogP) is 10.4. The van der Waals surface area contributed by atoms with Crippen molar-refractivity contribution < 1.29 is 0 Å². The van der Waals surface area contributed by atoms with E-state index in [1.165, 1.54) is 0 Å². The monoisotopic (exact) mass is 456 g/mol. The molecule has 0 aliphatic heterocycles. The molecule has 0 aliphatic rings. The Hall–Kier alpha value is 2.02. The molecule has 0 amide bonds. The maximum Gasteiger partial charge on any atom is 0.0735 e. The van der Waals surface area contributed by atoms with Gasteiger partial charge in [0, 0.05) is 0 Å². The molecule has 0 radical (unpaired) electrons. The first kappa shape index (κ1) is 27.0. The molecule has 0 aromatic heterocycles. The molecule has 152 valence electrons. The topological polar surface area (TPSA) is 0 Å². The molecule has 1 unspecified atom stereocenters. The van der Waals surface area contributed by atoms with E-state index in [0.29, 0.717) is 15.5 Å². The standard InChI is InChI=1S/C19H48P4Si2/c1-17(2,3)21(22(24(11,12)13)25(14,15)16)20-23(10,18(4,5)6)19(7,8)9/h1-16H3. The van der Waals surface area contributed by atoms with Crippen molar-refractivity contribution in [2.45, 2.75) is 117 Å². The van der Waals surface area contributed by atoms with Crippen LogP contribution in [0.25, 0.3) is 0 Å². The highest BCUT2D eigenvalue weighted by Gasteiger charge is 2.48. The Labute approximate surface area is 167 Å². The summed E-state index contributed by atoms with van der Waals surface area (Å²) in [5.41, 5.74) is 0. The molecular weight excluding hydrogens is 408 g/mol. The van der Waals surface area contributed by atoms with Crippen LogP contribution in [0.5, 0.6) is 0 Å². The maximum atomic E-state index is 2.71. The highest BCUT2D eigenvalue weighted by atomic mass is 32.6. The van der Waals surface area contributed by atoms with Crippen molar-refractivity contribution in [2.24, 2.45) is 0 Å². The van der Waals surface area contributed by atoms with Crippen LogP contribution >= 0.6 is 28.1 Å². The van der Waals surface area contributed by atoms with Crippen LogP contribution in [0, 0.1) is 0 Å². The molecule has 0 saturated carbocycles. The Bertz CT molecular complexity index is 474. The van der Waals surface area contributed by atoms with Crippen LogP contribution in [-0.4, -0.2) is 37.6 Å². The highest BCUT2D eigenvalue weighted by molar-refractivity contribution is 8.76. The zero-order valence-corrected chi connectivity index (χ0v) is 25.9. The molecule has 6 heteroatoms. The zero-order valence-electron chi connectivity index (χ0n) is 20.3. The molecule has 0 bridgehead atoms. The predicted molar refractivity (Wildman–Crippen MR) is 140 cm³/mol. The fraction of sp³-hybridized carbons (Fsp3) is 1.00. The van der Waals surface area contributed by atoms with Crippen LogP contribution in [0.1, 0.15) is 62.3 Å². The summed E-state index contributed by atoms with van der Waals surface area (Å²) in [5.74, 6) is 0. The molecule has 1 atom stereocenters. The molecule has 0 aromatic rings. The third kappa shape index (κ3) is 6.79. The van der Waals surface area contributed by atoms with E-state index in [0.717, 1.165) is 0 Å². The van der Waals surface area contributed by atoms with Crippen molar-refractivity contribution in [3.05, 3.63) is 0 Å². The summed E-state index contributed by atoms with van der Waals surface area (Å²) in [5, 5.41) is 1.33. The summed E-state index contributed by atoms with van der Waals surface area (Å²) in [4.78, 5) is 0. The largest absolute Gasteiger partial charge is 0.0961 e. The van der Waals surface area contributed by atoms with Gasteiger partial charge in [-0.05, 0) is 29.4 Å². The maximum absolute atomic E-state index is 2.71. The quantitative estimate of drug-likeness (QED) is 0.291. The third-order valence-corrected chi connectivity index (χ3v) is 70.4. The molecule has 0 heterocycles. The van der Waals surface area contributed by atoms with Gasteiger partial charge in [0.2, 0.25) is 0 Å². The minimum atomic E-state index is -1.15. The van der Waals surface area contributed by atoms with Gasteiger partial charge in [-0.2, -0.15) is 0 Å². The van der Waals surface area contributed by atoms with Crippen molar-refractivity contribution >= 4 is 43.6 Å². The van der Waals surface area contributed by atoms with E-state index in [1.54, 1.807) is 0 Å². The van der Waals surface area contributed by atoms with E-state index in [4.69, 9.17) is 0 Å². The first-order valence-electron chi connectivity index (χ1n) is 9.67. The molecule has 25 heavy (non-hydrogen) atoms. The highest BCUT2D eigenvalue weighted by Crippen LogP contribution is 2.94. The molecule has 0 fully saturated rings. The molecule has 0 saturated heterocycles. The average molecular weight is 457 g/mol. The first-order valence-corrected chi connectivity index (χ1v) is 26.3. The molecule has 0 aromatic carbocycles. The second-order valence-electron chi connectivity index (χ2n) is 12.5. The number of hydrogen-bond donors (Lipinski definition) is 0. The molecular formula is C19H48P4Si2. The summed E-state index contributed by atoms with van der Waals surface area (Å²) in [6, 6.07) is 0. The molecule has 0 spiro atoms. The lowest BCUT2D eigenvalue weighted by molar-refractivity contribution is 0.708. The van der Waals surface area contributed by atoms with Crippen molar-refractivity contribution in [1.82, 2.24) is 0 Å². The van der Waals surface area contributed by atoms with Gasteiger partial charge in [-0.1, -0.05) is 122 Å². The van der Waals surface area contributed by atoms with Crippen molar-refractivity contribution in [1.29, 1.82) is 0 Å². The van der Waals surface area contributed by atoms with E-state index >= 15 is 0 Å². The van der Waals surface area contributed by atoms with Crippen LogP contribution in [0.15, 0.2) is 0 Å². The Morgan fingerprint density at radius 1 is 0.640 bits per heavy atom. The Kier molecular flexibility index (Phi) is 8.69. The zero-order chi connectivity index (χ0) is 20.9. The van der Waals surface area contributed by atoms with E-state index in [-0.39, 0.29) is 14.0 Å². The van der Waals surface area contributed by atoms with Gasteiger partial charge in [-0.15, -0.1) is 0 Å². The van der Waals surface area contributed by atoms with Crippen LogP contribution < -0.4 is 0 Å². The van der Waals surface area contributed by atoms with Crippen molar-refractivity contribution in [2.75, 3.05) is 6.66 Å². The normalized spacial score (nSPS) is 17.3. The van der Waals surface area contributed by atoms with Crippen LogP contribution in [-0.2, 0) is 0 Å². The van der Waals surface area contributed by atoms with Crippen LogP contribution in [0.2, 0.25) is 39.3 Å². The average Bonchev–Trinajstić information content (AvgIpc) is 2.18. The van der Waals surface area contributed by atoms with E-state index in [9.17, 15) is 0 Å². The second-order valence-corrected chi connectivity index (χ2v) is 51.9. The summed E-state index contributed by atoms with van der Waals surface area (Å²) in [6.07, 6.45) is 0. The summed E-state index contributed by atoms with van der Waals surface area (Å²) >= 11 is 0. The summed E-state index contributed by atoms with van der Waals surface area (Å²) in [6.45, 7) is 40.7. The van der Waals surface area contributed by atoms with Crippen LogP contribution in [0.4, 0.5) is 0 Å². The van der Waals surface area contributed by atoms with E-state index in [1.807, 2.05) is 7.56 Å². The number of hydrogen-bond acceptors (Lipinski definition) is 0. The van der Waals surface area contributed by atoms with Gasteiger partial charge in [0.1, 0.15) is 0 Å². The molecule has 0 rings (SSSR count). The minimum Gasteiger partial charge on any atom is -0.0961 e. The Morgan fingerprint density at radius 3 is 1.08 bits per heavy atom. The summed E-state index contributed by atoms with van der Waals surface area (Å²) < 4.78 is 0. The minimum absolute atomic E-state index is 0.0521. The first-order chi connectivity index (χ1) is 10.5. The van der Waals surface area contributed by atoms with Crippen molar-refractivity contribution in [3.8, 4) is 0 Å². The van der Waals surface area contributed by atoms with Crippen LogP contribution in [0.3, 0.4) is 0 Å². The summed E-state index contributed by atoms with van der Waals surface area (Å²) in [7, 11) is -0.355. The lowest BCUT2D eigenvalue weighted by atomic mass is 10.2. The molecule has 0 nitrogen and oxygen atoms in total. The van der Waals surface area contributed by atoms with Gasteiger partial charge < -0.3 is 0 Å². The lowest BCUT2D eigenvalue weighted by Crippen LogP contribution is -2.33. The van der Waals surface area contributed by atoms with Gasteiger partial charge >= 0.3 is 0 Å². The van der Waals surface area contributed by atoms with E-state index < -0.39 is 22.0 Å². The van der Waals surface area contributed by atoms with Crippen molar-refractivity contribution in [3.63, 3.8) is 0 Å². The SMILES string of the molecule is CC(C)(C)P(P=P(C)(C(C)(C)C)C(C)(C)C)P([Si](C)(C)C)[Si](C)(C)C. The fourth-order valence-corrected chi connectivity index (χ4v) is 97.6. The Balaban J connectivity index is 6.90. The Morgan fingerprint density at radius 2 is 0.920 bits per heavy atom.